The van der Waals surface area contributed by atoms with Crippen LogP contribution in [0.25, 0.3) is 0 Å². The number of benzene rings is 1. The number of likely N-dealkylation sites (tertiary alicyclic amines) is 1. The number of amides is 2. The summed E-state index contributed by atoms with van der Waals surface area (Å²) < 4.78 is 5.34. The molecule has 2 amide bonds. The second-order valence-electron chi connectivity index (χ2n) is 9.56. The average molecular weight is 427 g/mol. The molecule has 31 heavy (non-hydrogen) atoms. The van der Waals surface area contributed by atoms with Crippen molar-refractivity contribution in [1.82, 2.24) is 9.80 Å². The second-order valence-corrected chi connectivity index (χ2v) is 9.56. The number of rotatable bonds is 3. The zero-order valence-corrected chi connectivity index (χ0v) is 19.0. The molecular formula is C25H34N2O4. The summed E-state index contributed by atoms with van der Waals surface area (Å²) >= 11 is 0. The maximum absolute atomic E-state index is 13.3. The first-order valence-electron chi connectivity index (χ1n) is 11.6. The molecule has 0 radical (unpaired) electrons. The van der Waals surface area contributed by atoms with Crippen LogP contribution in [0.3, 0.4) is 0 Å². The van der Waals surface area contributed by atoms with Gasteiger partial charge in [0.05, 0.1) is 13.2 Å². The highest BCUT2D eigenvalue weighted by molar-refractivity contribution is 6.15. The number of morpholine rings is 1. The van der Waals surface area contributed by atoms with Crippen LogP contribution in [0.2, 0.25) is 0 Å². The molecule has 0 aromatic heterocycles. The standard InChI is InChI=1S/C25H34N2O4/c1-16-12-17(2)22(18(3)13-16)23-21(28)15-20(24(23)29)14-19-4-6-26(7-5-19)25(30)27-8-10-31-11-9-27/h12-13,19-20,23H,4-11,14-15H2,1-3H3. The predicted octanol–water partition coefficient (Wildman–Crippen LogP) is 3.41. The van der Waals surface area contributed by atoms with E-state index in [1.165, 1.54) is 0 Å². The van der Waals surface area contributed by atoms with Gasteiger partial charge >= 0.3 is 6.03 Å². The summed E-state index contributed by atoms with van der Waals surface area (Å²) in [6, 6.07) is 4.24. The van der Waals surface area contributed by atoms with Gasteiger partial charge in [0.1, 0.15) is 11.7 Å². The molecule has 0 bridgehead atoms. The highest BCUT2D eigenvalue weighted by atomic mass is 16.5. The highest BCUT2D eigenvalue weighted by Crippen LogP contribution is 2.40. The van der Waals surface area contributed by atoms with Gasteiger partial charge in [-0.1, -0.05) is 17.7 Å². The van der Waals surface area contributed by atoms with Gasteiger partial charge < -0.3 is 14.5 Å². The van der Waals surface area contributed by atoms with E-state index in [4.69, 9.17) is 4.74 Å². The van der Waals surface area contributed by atoms with E-state index in [0.717, 1.165) is 54.6 Å². The summed E-state index contributed by atoms with van der Waals surface area (Å²) in [5.41, 5.74) is 4.17. The Hall–Kier alpha value is -2.21. The van der Waals surface area contributed by atoms with Crippen LogP contribution in [0.5, 0.6) is 0 Å². The van der Waals surface area contributed by atoms with E-state index in [2.05, 4.69) is 12.1 Å². The van der Waals surface area contributed by atoms with Gasteiger partial charge in [-0.2, -0.15) is 0 Å². The molecule has 1 saturated carbocycles. The van der Waals surface area contributed by atoms with Crippen LogP contribution >= 0.6 is 0 Å². The van der Waals surface area contributed by atoms with Crippen molar-refractivity contribution in [2.75, 3.05) is 39.4 Å². The third-order valence-electron chi connectivity index (χ3n) is 7.27. The zero-order chi connectivity index (χ0) is 22.1. The third kappa shape index (κ3) is 4.54. The molecular weight excluding hydrogens is 392 g/mol. The van der Waals surface area contributed by atoms with Crippen molar-refractivity contribution in [3.05, 3.63) is 34.4 Å². The molecule has 6 heteroatoms. The van der Waals surface area contributed by atoms with E-state index >= 15 is 0 Å². The van der Waals surface area contributed by atoms with Crippen LogP contribution in [-0.2, 0) is 14.3 Å². The molecule has 6 nitrogen and oxygen atoms in total. The lowest BCUT2D eigenvalue weighted by Crippen LogP contribution is -2.50. The number of nitrogens with zero attached hydrogens (tertiary/aromatic N) is 2. The number of ketones is 2. The number of hydrogen-bond acceptors (Lipinski definition) is 4. The lowest BCUT2D eigenvalue weighted by molar-refractivity contribution is -0.125. The van der Waals surface area contributed by atoms with E-state index in [-0.39, 0.29) is 23.5 Å². The van der Waals surface area contributed by atoms with Gasteiger partial charge in [0, 0.05) is 38.5 Å². The molecule has 1 aromatic rings. The van der Waals surface area contributed by atoms with Crippen molar-refractivity contribution in [2.45, 2.75) is 52.4 Å². The first-order valence-corrected chi connectivity index (χ1v) is 11.6. The van der Waals surface area contributed by atoms with Crippen LogP contribution < -0.4 is 0 Å². The van der Waals surface area contributed by atoms with Gasteiger partial charge in [0.15, 0.2) is 5.78 Å². The van der Waals surface area contributed by atoms with E-state index in [1.807, 2.05) is 30.6 Å². The maximum Gasteiger partial charge on any atom is 0.320 e. The summed E-state index contributed by atoms with van der Waals surface area (Å²) in [7, 11) is 0. The number of urea groups is 1. The first-order chi connectivity index (χ1) is 14.8. The maximum atomic E-state index is 13.3. The zero-order valence-electron chi connectivity index (χ0n) is 19.0. The Morgan fingerprint density at radius 2 is 1.55 bits per heavy atom. The molecule has 2 unspecified atom stereocenters. The van der Waals surface area contributed by atoms with Crippen molar-refractivity contribution in [3.8, 4) is 0 Å². The molecule has 1 aliphatic carbocycles. The minimum atomic E-state index is -0.589. The monoisotopic (exact) mass is 426 g/mol. The molecule has 168 valence electrons. The van der Waals surface area contributed by atoms with Gasteiger partial charge in [-0.3, -0.25) is 9.59 Å². The van der Waals surface area contributed by atoms with E-state index in [0.29, 0.717) is 38.6 Å². The smallest absolute Gasteiger partial charge is 0.320 e. The Morgan fingerprint density at radius 1 is 0.968 bits per heavy atom. The molecule has 3 fully saturated rings. The van der Waals surface area contributed by atoms with E-state index in [9.17, 15) is 14.4 Å². The summed E-state index contributed by atoms with van der Waals surface area (Å²) in [4.78, 5) is 42.6. The lowest BCUT2D eigenvalue weighted by atomic mass is 9.83. The number of carbonyl (C=O) groups excluding carboxylic acids is 3. The van der Waals surface area contributed by atoms with Gasteiger partial charge in [0.2, 0.25) is 0 Å². The summed E-state index contributed by atoms with van der Waals surface area (Å²) in [5.74, 6) is -0.191. The number of carbonyl (C=O) groups is 3. The van der Waals surface area contributed by atoms with E-state index in [1.54, 1.807) is 0 Å². The highest BCUT2D eigenvalue weighted by Gasteiger charge is 2.44. The van der Waals surface area contributed by atoms with Crippen molar-refractivity contribution < 1.29 is 19.1 Å². The molecule has 0 N–H and O–H groups in total. The minimum Gasteiger partial charge on any atom is -0.378 e. The summed E-state index contributed by atoms with van der Waals surface area (Å²) in [5, 5.41) is 0. The Kier molecular flexibility index (Phi) is 6.47. The van der Waals surface area contributed by atoms with Crippen molar-refractivity contribution in [2.24, 2.45) is 11.8 Å². The Labute approximate surface area is 184 Å². The first kappa shape index (κ1) is 22.0. The Balaban J connectivity index is 1.35. The molecule has 4 rings (SSSR count). The number of Topliss-reactive ketones (excluding diaryl/α,β-unsaturated/α-hetero) is 2. The fourth-order valence-electron chi connectivity index (χ4n) is 5.72. The van der Waals surface area contributed by atoms with Crippen molar-refractivity contribution >= 4 is 17.6 Å². The topological polar surface area (TPSA) is 66.9 Å². The van der Waals surface area contributed by atoms with Gasteiger partial charge in [-0.05, 0) is 62.6 Å². The van der Waals surface area contributed by atoms with E-state index < -0.39 is 5.92 Å². The summed E-state index contributed by atoms with van der Waals surface area (Å²) in [6.07, 6.45) is 2.94. The molecule has 2 heterocycles. The largest absolute Gasteiger partial charge is 0.378 e. The number of ether oxygens (including phenoxy) is 1. The minimum absolute atomic E-state index is 0.0741. The van der Waals surface area contributed by atoms with Crippen LogP contribution in [0.4, 0.5) is 4.79 Å². The molecule has 1 aromatic carbocycles. The molecule has 2 atom stereocenters. The van der Waals surface area contributed by atoms with Crippen molar-refractivity contribution in [1.29, 1.82) is 0 Å². The molecule has 0 spiro atoms. The Bertz CT molecular complexity index is 843. The molecule has 2 saturated heterocycles. The molecule has 3 aliphatic rings. The SMILES string of the molecule is Cc1cc(C)c(C2C(=O)CC(CC3CCN(C(=O)N4CCOCC4)CC3)C2=O)c(C)c1. The second kappa shape index (κ2) is 9.11. The van der Waals surface area contributed by atoms with Crippen LogP contribution in [0.15, 0.2) is 12.1 Å². The van der Waals surface area contributed by atoms with Crippen LogP contribution in [-0.4, -0.2) is 66.8 Å². The van der Waals surface area contributed by atoms with Gasteiger partial charge in [-0.15, -0.1) is 0 Å². The Morgan fingerprint density at radius 3 is 2.16 bits per heavy atom. The molecule has 2 aliphatic heterocycles. The average Bonchev–Trinajstić information content (AvgIpc) is 3.01. The number of aryl methyl sites for hydroxylation is 3. The van der Waals surface area contributed by atoms with Gasteiger partial charge in [0.25, 0.3) is 0 Å². The third-order valence-corrected chi connectivity index (χ3v) is 7.27. The summed E-state index contributed by atoms with van der Waals surface area (Å²) in [6.45, 7) is 10.1. The lowest BCUT2D eigenvalue weighted by Gasteiger charge is -2.37. The normalized spacial score (nSPS) is 25.4. The number of piperidine rings is 1. The van der Waals surface area contributed by atoms with Gasteiger partial charge in [-0.25, -0.2) is 4.79 Å². The van der Waals surface area contributed by atoms with Crippen LogP contribution in [0.1, 0.15) is 53.9 Å². The van der Waals surface area contributed by atoms with Crippen molar-refractivity contribution in [3.63, 3.8) is 0 Å². The quantitative estimate of drug-likeness (QED) is 0.695. The fraction of sp³-hybridized carbons (Fsp3) is 0.640. The predicted molar refractivity (Wildman–Crippen MR) is 118 cm³/mol. The number of hydrogen-bond donors (Lipinski definition) is 0. The van der Waals surface area contributed by atoms with Crippen LogP contribution in [0, 0.1) is 32.6 Å². The fourth-order valence-corrected chi connectivity index (χ4v) is 5.72.